The van der Waals surface area contributed by atoms with E-state index in [2.05, 4.69) is 10.3 Å². The van der Waals surface area contributed by atoms with Crippen LogP contribution in [0.3, 0.4) is 0 Å². The first kappa shape index (κ1) is 34.4. The monoisotopic (exact) mass is 622 g/mol. The van der Waals surface area contributed by atoms with Crippen molar-refractivity contribution >= 4 is 23.4 Å². The molecule has 1 aliphatic carbocycles. The Balaban J connectivity index is 1.61. The summed E-state index contributed by atoms with van der Waals surface area (Å²) in [6.45, 7) is 6.88. The summed E-state index contributed by atoms with van der Waals surface area (Å²) in [5.74, 6) is -0.0987. The van der Waals surface area contributed by atoms with E-state index in [1.807, 2.05) is 25.8 Å². The highest BCUT2D eigenvalue weighted by Gasteiger charge is 2.32. The van der Waals surface area contributed by atoms with Crippen LogP contribution in [0.5, 0.6) is 5.75 Å². The lowest BCUT2D eigenvalue weighted by Crippen LogP contribution is -2.48. The predicted octanol–water partition coefficient (Wildman–Crippen LogP) is 5.17. The number of hydrogen-bond donors (Lipinski definition) is 2. The third-order valence-corrected chi connectivity index (χ3v) is 9.04. The Morgan fingerprint density at radius 2 is 1.78 bits per heavy atom. The van der Waals surface area contributed by atoms with Crippen LogP contribution in [-0.4, -0.2) is 89.2 Å². The Morgan fingerprint density at radius 1 is 1.07 bits per heavy atom. The van der Waals surface area contributed by atoms with Crippen LogP contribution >= 0.6 is 0 Å². The summed E-state index contributed by atoms with van der Waals surface area (Å²) in [5, 5.41) is 13.1. The number of benzene rings is 1. The van der Waals surface area contributed by atoms with Crippen molar-refractivity contribution in [3.63, 3.8) is 0 Å². The number of fused-ring (bicyclic) bond motifs is 1. The first-order valence-corrected chi connectivity index (χ1v) is 16.5. The zero-order valence-corrected chi connectivity index (χ0v) is 27.2. The fourth-order valence-corrected chi connectivity index (χ4v) is 6.19. The molecule has 2 heterocycles. The van der Waals surface area contributed by atoms with E-state index in [1.165, 1.54) is 6.42 Å². The highest BCUT2D eigenvalue weighted by atomic mass is 16.5. The van der Waals surface area contributed by atoms with Gasteiger partial charge in [0.1, 0.15) is 5.75 Å². The van der Waals surface area contributed by atoms with E-state index in [0.29, 0.717) is 42.3 Å². The molecule has 2 aromatic rings. The number of carbonyl (C=O) groups is 3. The van der Waals surface area contributed by atoms with Crippen molar-refractivity contribution in [2.24, 2.45) is 11.8 Å². The normalized spacial score (nSPS) is 22.8. The first-order chi connectivity index (χ1) is 21.7. The largest absolute Gasteiger partial charge is 0.490 e. The number of likely N-dealkylation sites (N-methyl/N-ethyl adjacent to an activating group) is 1. The molecule has 0 bridgehead atoms. The van der Waals surface area contributed by atoms with Gasteiger partial charge in [0.25, 0.3) is 11.8 Å². The number of aliphatic hydroxyl groups excluding tert-OH is 1. The summed E-state index contributed by atoms with van der Waals surface area (Å²) in [7, 11) is 1.86. The third-order valence-electron chi connectivity index (χ3n) is 9.04. The van der Waals surface area contributed by atoms with Gasteiger partial charge >= 0.3 is 0 Å². The number of amides is 3. The average molecular weight is 623 g/mol. The van der Waals surface area contributed by atoms with Gasteiger partial charge in [0, 0.05) is 62.2 Å². The number of aromatic nitrogens is 1. The second kappa shape index (κ2) is 16.7. The fourth-order valence-electron chi connectivity index (χ4n) is 6.19. The molecule has 0 saturated heterocycles. The van der Waals surface area contributed by atoms with Gasteiger partial charge in [0.05, 0.1) is 30.4 Å². The van der Waals surface area contributed by atoms with E-state index in [1.54, 1.807) is 54.5 Å². The minimum absolute atomic E-state index is 0.0660. The second-order valence-corrected chi connectivity index (χ2v) is 12.8. The lowest BCUT2D eigenvalue weighted by molar-refractivity contribution is -0.137. The highest BCUT2D eigenvalue weighted by molar-refractivity contribution is 6.05. The molecule has 3 amide bonds. The van der Waals surface area contributed by atoms with Crippen molar-refractivity contribution in [3.8, 4) is 5.75 Å². The molecule has 1 aromatic heterocycles. The van der Waals surface area contributed by atoms with Crippen molar-refractivity contribution in [2.75, 3.05) is 38.7 Å². The Kier molecular flexibility index (Phi) is 12.8. The van der Waals surface area contributed by atoms with Crippen molar-refractivity contribution in [2.45, 2.75) is 90.4 Å². The molecule has 10 nitrogen and oxygen atoms in total. The van der Waals surface area contributed by atoms with E-state index < -0.39 is 6.04 Å². The van der Waals surface area contributed by atoms with Gasteiger partial charge in [-0.1, -0.05) is 26.2 Å². The van der Waals surface area contributed by atoms with Gasteiger partial charge in [0.15, 0.2) is 0 Å². The minimum Gasteiger partial charge on any atom is -0.490 e. The molecule has 10 heteroatoms. The zero-order chi connectivity index (χ0) is 32.3. The fraction of sp³-hybridized carbons (Fsp3) is 0.600. The summed E-state index contributed by atoms with van der Waals surface area (Å²) in [5.41, 5.74) is 1.21. The van der Waals surface area contributed by atoms with E-state index in [9.17, 15) is 19.5 Å². The molecule has 1 aliphatic heterocycles. The number of ether oxygens (including phenoxy) is 2. The number of aliphatic hydroxyl groups is 1. The van der Waals surface area contributed by atoms with Crippen LogP contribution in [0.1, 0.15) is 92.9 Å². The van der Waals surface area contributed by atoms with Gasteiger partial charge in [0.2, 0.25) is 5.91 Å². The van der Waals surface area contributed by atoms with Crippen LogP contribution in [0.2, 0.25) is 0 Å². The predicted molar refractivity (Wildman–Crippen MR) is 173 cm³/mol. The van der Waals surface area contributed by atoms with Crippen molar-refractivity contribution in [1.29, 1.82) is 0 Å². The van der Waals surface area contributed by atoms with Gasteiger partial charge in [-0.3, -0.25) is 19.4 Å². The van der Waals surface area contributed by atoms with Crippen molar-refractivity contribution < 1.29 is 29.0 Å². The topological polar surface area (TPSA) is 121 Å². The molecule has 1 saturated carbocycles. The number of nitrogens with one attached hydrogen (secondary N) is 1. The molecule has 0 unspecified atom stereocenters. The lowest BCUT2D eigenvalue weighted by atomic mass is 9.88. The summed E-state index contributed by atoms with van der Waals surface area (Å²) < 4.78 is 12.7. The highest BCUT2D eigenvalue weighted by Crippen LogP contribution is 2.29. The Hall–Kier alpha value is -3.50. The number of rotatable bonds is 7. The molecule has 45 heavy (non-hydrogen) atoms. The van der Waals surface area contributed by atoms with Crippen molar-refractivity contribution in [1.82, 2.24) is 14.8 Å². The molecular formula is C35H50N4O6. The number of hydrogen-bond acceptors (Lipinski definition) is 7. The van der Waals surface area contributed by atoms with Crippen LogP contribution in [0.4, 0.5) is 5.69 Å². The Bertz CT molecular complexity index is 1270. The Labute approximate surface area is 267 Å². The van der Waals surface area contributed by atoms with E-state index in [-0.39, 0.29) is 48.4 Å². The summed E-state index contributed by atoms with van der Waals surface area (Å²) in [4.78, 5) is 47.9. The van der Waals surface area contributed by atoms with E-state index in [4.69, 9.17) is 9.47 Å². The van der Waals surface area contributed by atoms with Gasteiger partial charge in [-0.25, -0.2) is 0 Å². The third kappa shape index (κ3) is 9.50. The molecule has 2 N–H and O–H groups in total. The van der Waals surface area contributed by atoms with E-state index >= 15 is 0 Å². The second-order valence-electron chi connectivity index (χ2n) is 12.8. The van der Waals surface area contributed by atoms with Crippen molar-refractivity contribution in [3.05, 3.63) is 53.9 Å². The van der Waals surface area contributed by atoms with Crippen LogP contribution in [-0.2, 0) is 9.53 Å². The molecule has 1 aromatic carbocycles. The van der Waals surface area contributed by atoms with Gasteiger partial charge < -0.3 is 29.7 Å². The average Bonchev–Trinajstić information content (AvgIpc) is 3.06. The summed E-state index contributed by atoms with van der Waals surface area (Å²) in [6.07, 6.45) is 10.4. The molecule has 4 rings (SSSR count). The van der Waals surface area contributed by atoms with Gasteiger partial charge in [-0.2, -0.15) is 0 Å². The molecule has 0 spiro atoms. The number of carbonyl (C=O) groups excluding carboxylic acids is 3. The zero-order valence-electron chi connectivity index (χ0n) is 27.2. The van der Waals surface area contributed by atoms with Crippen LogP contribution < -0.4 is 10.1 Å². The summed E-state index contributed by atoms with van der Waals surface area (Å²) in [6, 6.07) is 7.84. The minimum atomic E-state index is -0.490. The maximum atomic E-state index is 14.3. The standard InChI is InChI=1S/C35H50N4O6/c1-24-21-39(25(2)23-40)35(43)30-20-29(37-33(41)27-15-17-36-18-16-27)13-14-31(30)45-26(3)10-8-9-19-44-32(24)22-38(4)34(42)28-11-6-5-7-12-28/h13-18,20,24-26,28,32,40H,5-12,19,21-23H2,1-4H3,(H,37,41)/t24-,25-,26-,32-/m0/s1. The van der Waals surface area contributed by atoms with Crippen LogP contribution in [0.15, 0.2) is 42.7 Å². The molecule has 1 fully saturated rings. The SMILES string of the molecule is C[C@H]1CCCCO[C@@H](CN(C)C(=O)C2CCCCC2)[C@@H](C)CN([C@@H](C)CO)C(=O)c2cc(NC(=O)c3ccncc3)ccc2O1. The maximum Gasteiger partial charge on any atom is 0.258 e. The number of pyridine rings is 1. The number of anilines is 1. The van der Waals surface area contributed by atoms with Gasteiger partial charge in [-0.05, 0) is 76.3 Å². The van der Waals surface area contributed by atoms with Gasteiger partial charge in [-0.15, -0.1) is 0 Å². The number of nitrogens with zero attached hydrogens (tertiary/aromatic N) is 3. The smallest absolute Gasteiger partial charge is 0.258 e. The maximum absolute atomic E-state index is 14.3. The molecular weight excluding hydrogens is 572 g/mol. The van der Waals surface area contributed by atoms with Crippen LogP contribution in [0.25, 0.3) is 0 Å². The molecule has 2 aliphatic rings. The first-order valence-electron chi connectivity index (χ1n) is 16.5. The molecule has 246 valence electrons. The van der Waals surface area contributed by atoms with E-state index in [0.717, 1.165) is 44.9 Å². The molecule has 0 radical (unpaired) electrons. The summed E-state index contributed by atoms with van der Waals surface area (Å²) >= 11 is 0. The van der Waals surface area contributed by atoms with Crippen LogP contribution in [0, 0.1) is 11.8 Å². The lowest BCUT2D eigenvalue weighted by Gasteiger charge is -2.36. The molecule has 4 atom stereocenters. The Morgan fingerprint density at radius 3 is 2.49 bits per heavy atom. The quantitative estimate of drug-likeness (QED) is 0.437.